The van der Waals surface area contributed by atoms with E-state index in [0.717, 1.165) is 3.57 Å². The van der Waals surface area contributed by atoms with Crippen LogP contribution in [-0.2, 0) is 6.54 Å². The van der Waals surface area contributed by atoms with Crippen LogP contribution in [0.15, 0.2) is 21.6 Å². The van der Waals surface area contributed by atoms with Gasteiger partial charge in [0.2, 0.25) is 5.89 Å². The minimum Gasteiger partial charge on any atom is -0.340 e. The molecule has 0 aromatic carbocycles. The van der Waals surface area contributed by atoms with Crippen LogP contribution in [0, 0.1) is 10.5 Å². The molecule has 0 amide bonds. The van der Waals surface area contributed by atoms with Crippen molar-refractivity contribution in [3.8, 4) is 0 Å². The highest BCUT2D eigenvalue weighted by atomic mass is 127. The first-order valence-electron chi connectivity index (χ1n) is 4.17. The van der Waals surface area contributed by atoms with Gasteiger partial charge in [0.15, 0.2) is 5.82 Å². The van der Waals surface area contributed by atoms with Crippen molar-refractivity contribution in [2.75, 3.05) is 0 Å². The number of aryl methyl sites for hydroxylation is 1. The Morgan fingerprint density at radius 2 is 2.40 bits per heavy atom. The van der Waals surface area contributed by atoms with Gasteiger partial charge >= 0.3 is 0 Å². The highest BCUT2D eigenvalue weighted by Crippen LogP contribution is 1.98. The van der Waals surface area contributed by atoms with Crippen LogP contribution in [0.5, 0.6) is 0 Å². The smallest absolute Gasteiger partial charge is 0.268 e. The first kappa shape index (κ1) is 10.3. The molecule has 15 heavy (non-hydrogen) atoms. The molecular weight excluding hydrogens is 311 g/mol. The Hall–Kier alpha value is -1.25. The van der Waals surface area contributed by atoms with Gasteiger partial charge in [0, 0.05) is 16.6 Å². The molecule has 6 nitrogen and oxygen atoms in total. The lowest BCUT2D eigenvalue weighted by molar-refractivity contribution is 0.384. The number of rotatable bonds is 2. The van der Waals surface area contributed by atoms with Crippen LogP contribution in [0.3, 0.4) is 0 Å². The average Bonchev–Trinajstić information content (AvgIpc) is 2.56. The normalized spacial score (nSPS) is 10.5. The van der Waals surface area contributed by atoms with Gasteiger partial charge in [-0.1, -0.05) is 5.16 Å². The topological polar surface area (TPSA) is 73.8 Å². The fraction of sp³-hybridized carbons (Fsp3) is 0.250. The first-order valence-corrected chi connectivity index (χ1v) is 5.25. The molecule has 0 bridgehead atoms. The zero-order chi connectivity index (χ0) is 10.8. The Morgan fingerprint density at radius 3 is 3.00 bits per heavy atom. The molecule has 2 rings (SSSR count). The first-order chi connectivity index (χ1) is 7.15. The van der Waals surface area contributed by atoms with Gasteiger partial charge in [-0.3, -0.25) is 4.79 Å². The Labute approximate surface area is 98.4 Å². The number of hydrogen-bond donors (Lipinski definition) is 0. The molecule has 7 heteroatoms. The van der Waals surface area contributed by atoms with Crippen molar-refractivity contribution in [3.63, 3.8) is 0 Å². The van der Waals surface area contributed by atoms with E-state index in [9.17, 15) is 4.79 Å². The van der Waals surface area contributed by atoms with Gasteiger partial charge in [-0.2, -0.15) is 10.1 Å². The largest absolute Gasteiger partial charge is 0.340 e. The number of hydrogen-bond acceptors (Lipinski definition) is 5. The zero-order valence-corrected chi connectivity index (χ0v) is 10.0. The highest BCUT2D eigenvalue weighted by molar-refractivity contribution is 14.1. The second-order valence-electron chi connectivity index (χ2n) is 2.90. The van der Waals surface area contributed by atoms with Crippen molar-refractivity contribution >= 4 is 22.6 Å². The summed E-state index contributed by atoms with van der Waals surface area (Å²) < 4.78 is 6.88. The molecule has 0 atom stereocenters. The highest BCUT2D eigenvalue weighted by Gasteiger charge is 2.05. The van der Waals surface area contributed by atoms with Crippen molar-refractivity contribution in [2.45, 2.75) is 13.5 Å². The third-order valence-electron chi connectivity index (χ3n) is 1.70. The quantitative estimate of drug-likeness (QED) is 0.758. The Balaban J connectivity index is 2.28. The van der Waals surface area contributed by atoms with Gasteiger partial charge in [0.25, 0.3) is 5.56 Å². The van der Waals surface area contributed by atoms with Crippen molar-refractivity contribution in [2.24, 2.45) is 0 Å². The van der Waals surface area contributed by atoms with E-state index in [-0.39, 0.29) is 12.1 Å². The number of halogens is 1. The maximum atomic E-state index is 11.5. The molecular formula is C8H7IN4O2. The van der Waals surface area contributed by atoms with Crippen LogP contribution in [-0.4, -0.2) is 19.9 Å². The van der Waals surface area contributed by atoms with Crippen molar-refractivity contribution in [3.05, 3.63) is 37.9 Å². The van der Waals surface area contributed by atoms with E-state index in [1.807, 2.05) is 22.6 Å². The van der Waals surface area contributed by atoms with Crippen LogP contribution < -0.4 is 5.56 Å². The zero-order valence-electron chi connectivity index (χ0n) is 7.85. The standard InChI is InChI=1S/C8H7IN4O2/c1-5-11-7(12-15-5)4-13-8(14)2-6(9)3-10-13/h2-3H,4H2,1H3. The van der Waals surface area contributed by atoms with Gasteiger partial charge in [0.05, 0.1) is 6.20 Å². The second-order valence-corrected chi connectivity index (χ2v) is 4.14. The third kappa shape index (κ3) is 2.41. The lowest BCUT2D eigenvalue weighted by Gasteiger charge is -1.99. The van der Waals surface area contributed by atoms with Crippen LogP contribution >= 0.6 is 22.6 Å². The molecule has 0 radical (unpaired) electrons. The third-order valence-corrected chi connectivity index (χ3v) is 2.29. The summed E-state index contributed by atoms with van der Waals surface area (Å²) in [7, 11) is 0. The maximum absolute atomic E-state index is 11.5. The van der Waals surface area contributed by atoms with E-state index >= 15 is 0 Å². The summed E-state index contributed by atoms with van der Waals surface area (Å²) in [6, 6.07) is 1.50. The lowest BCUT2D eigenvalue weighted by Crippen LogP contribution is -2.23. The lowest BCUT2D eigenvalue weighted by atomic mass is 10.5. The molecule has 2 aromatic heterocycles. The van der Waals surface area contributed by atoms with Crippen LogP contribution in [0.2, 0.25) is 0 Å². The van der Waals surface area contributed by atoms with Gasteiger partial charge in [-0.05, 0) is 22.6 Å². The molecule has 2 heterocycles. The summed E-state index contributed by atoms with van der Waals surface area (Å²) in [6.45, 7) is 1.92. The Bertz CT molecular complexity index is 533. The fourth-order valence-corrected chi connectivity index (χ4v) is 1.46. The SMILES string of the molecule is Cc1nc(Cn2ncc(I)cc2=O)no1. The van der Waals surface area contributed by atoms with Gasteiger partial charge < -0.3 is 4.52 Å². The average molecular weight is 318 g/mol. The summed E-state index contributed by atoms with van der Waals surface area (Å²) in [6.07, 6.45) is 1.61. The van der Waals surface area contributed by atoms with E-state index in [4.69, 9.17) is 4.52 Å². The molecule has 78 valence electrons. The van der Waals surface area contributed by atoms with Crippen LogP contribution in [0.25, 0.3) is 0 Å². The van der Waals surface area contributed by atoms with E-state index in [1.165, 1.54) is 10.7 Å². The van der Waals surface area contributed by atoms with E-state index in [1.54, 1.807) is 13.1 Å². The van der Waals surface area contributed by atoms with E-state index in [0.29, 0.717) is 11.7 Å². The van der Waals surface area contributed by atoms with Gasteiger partial charge in [-0.25, -0.2) is 4.68 Å². The van der Waals surface area contributed by atoms with Crippen molar-refractivity contribution in [1.29, 1.82) is 0 Å². The monoisotopic (exact) mass is 318 g/mol. The van der Waals surface area contributed by atoms with E-state index < -0.39 is 0 Å². The number of aromatic nitrogens is 4. The van der Waals surface area contributed by atoms with Crippen LogP contribution in [0.1, 0.15) is 11.7 Å². The molecule has 0 unspecified atom stereocenters. The predicted octanol–water partition coefficient (Wildman–Crippen LogP) is 0.588. The molecule has 2 aromatic rings. The maximum Gasteiger partial charge on any atom is 0.268 e. The molecule has 0 aliphatic carbocycles. The fourth-order valence-electron chi connectivity index (χ4n) is 1.07. The van der Waals surface area contributed by atoms with Crippen LogP contribution in [0.4, 0.5) is 0 Å². The van der Waals surface area contributed by atoms with E-state index in [2.05, 4.69) is 15.2 Å². The van der Waals surface area contributed by atoms with Crippen molar-refractivity contribution < 1.29 is 4.52 Å². The summed E-state index contributed by atoms with van der Waals surface area (Å²) in [5.74, 6) is 0.923. The second kappa shape index (κ2) is 4.09. The molecule has 0 fully saturated rings. The summed E-state index contributed by atoms with van der Waals surface area (Å²) >= 11 is 2.03. The summed E-state index contributed by atoms with van der Waals surface area (Å²) in [4.78, 5) is 15.5. The summed E-state index contributed by atoms with van der Waals surface area (Å²) in [5.41, 5.74) is -0.177. The molecule has 0 spiro atoms. The minimum atomic E-state index is -0.177. The Kier molecular flexibility index (Phi) is 2.80. The van der Waals surface area contributed by atoms with Gasteiger partial charge in [0.1, 0.15) is 6.54 Å². The molecule has 0 aliphatic heterocycles. The Morgan fingerprint density at radius 1 is 1.60 bits per heavy atom. The predicted molar refractivity (Wildman–Crippen MR) is 59.4 cm³/mol. The van der Waals surface area contributed by atoms with Gasteiger partial charge in [-0.15, -0.1) is 0 Å². The summed E-state index contributed by atoms with van der Waals surface area (Å²) in [5, 5.41) is 7.64. The molecule has 0 saturated heterocycles. The minimum absolute atomic E-state index is 0.177. The van der Waals surface area contributed by atoms with Crippen molar-refractivity contribution in [1.82, 2.24) is 19.9 Å². The molecule has 0 aliphatic rings. The molecule has 0 N–H and O–H groups in total. The molecule has 0 saturated carbocycles. The number of nitrogens with zero attached hydrogens (tertiary/aromatic N) is 4.